The highest BCUT2D eigenvalue weighted by Crippen LogP contribution is 2.33. The van der Waals surface area contributed by atoms with Gasteiger partial charge in [0.15, 0.2) is 9.84 Å². The average molecular weight is 463 g/mol. The van der Waals surface area contributed by atoms with Gasteiger partial charge in [-0.05, 0) is 25.1 Å². The van der Waals surface area contributed by atoms with E-state index in [9.17, 15) is 17.2 Å². The molecule has 0 fully saturated rings. The van der Waals surface area contributed by atoms with Gasteiger partial charge in [0.2, 0.25) is 0 Å². The van der Waals surface area contributed by atoms with Crippen molar-refractivity contribution in [3.8, 4) is 0 Å². The summed E-state index contributed by atoms with van der Waals surface area (Å²) in [5.41, 5.74) is 2.23. The van der Waals surface area contributed by atoms with Crippen LogP contribution in [-0.2, 0) is 15.6 Å². The lowest BCUT2D eigenvalue weighted by Crippen LogP contribution is -2.11. The molecule has 0 aliphatic rings. The normalized spacial score (nSPS) is 12.8. The van der Waals surface area contributed by atoms with E-state index in [0.717, 1.165) is 12.1 Å². The predicted molar refractivity (Wildman–Crippen MR) is 108 cm³/mol. The number of nitrogens with one attached hydrogen (secondary N) is 1. The first kappa shape index (κ1) is 21.0. The second kappa shape index (κ2) is 8.32. The van der Waals surface area contributed by atoms with Crippen LogP contribution in [0.5, 0.6) is 0 Å². The molecule has 28 heavy (non-hydrogen) atoms. The zero-order valence-electron chi connectivity index (χ0n) is 14.4. The van der Waals surface area contributed by atoms with E-state index in [1.165, 1.54) is 29.0 Å². The highest BCUT2D eigenvalue weighted by atomic mass is 35.5. The van der Waals surface area contributed by atoms with Gasteiger partial charge in [0.25, 0.3) is 0 Å². The van der Waals surface area contributed by atoms with Crippen molar-refractivity contribution < 1.29 is 17.2 Å². The number of aromatic nitrogens is 1. The second-order valence-electron chi connectivity index (χ2n) is 6.01. The van der Waals surface area contributed by atoms with Gasteiger partial charge in [0, 0.05) is 10.9 Å². The van der Waals surface area contributed by atoms with E-state index in [-0.39, 0.29) is 21.3 Å². The van der Waals surface area contributed by atoms with Gasteiger partial charge in [0.05, 0.1) is 38.7 Å². The van der Waals surface area contributed by atoms with Gasteiger partial charge in [0.1, 0.15) is 16.5 Å². The van der Waals surface area contributed by atoms with Crippen LogP contribution < -0.4 is 5.32 Å². The fourth-order valence-electron chi connectivity index (χ4n) is 2.62. The number of rotatable bonds is 6. The third-order valence-electron chi connectivity index (χ3n) is 4.00. The van der Waals surface area contributed by atoms with Crippen molar-refractivity contribution >= 4 is 50.1 Å². The van der Waals surface area contributed by atoms with E-state index < -0.39 is 38.2 Å². The van der Waals surface area contributed by atoms with Gasteiger partial charge in [-0.15, -0.1) is 11.3 Å². The highest BCUT2D eigenvalue weighted by molar-refractivity contribution is 7.90. The molecule has 3 rings (SSSR count). The largest absolute Gasteiger partial charge is 0.377 e. The van der Waals surface area contributed by atoms with Gasteiger partial charge in [-0.3, -0.25) is 0 Å². The maximum atomic E-state index is 14.6. The molecule has 1 aromatic heterocycles. The van der Waals surface area contributed by atoms with Crippen molar-refractivity contribution in [2.24, 2.45) is 0 Å². The summed E-state index contributed by atoms with van der Waals surface area (Å²) in [6.07, 6.45) is 0. The molecule has 10 heteroatoms. The molecule has 1 N–H and O–H groups in total. The minimum atomic E-state index is -3.97. The summed E-state index contributed by atoms with van der Waals surface area (Å²) >= 11 is 13.2. The Balaban J connectivity index is 1.88. The van der Waals surface area contributed by atoms with E-state index in [0.29, 0.717) is 5.69 Å². The van der Waals surface area contributed by atoms with Crippen LogP contribution in [-0.4, -0.2) is 13.4 Å². The van der Waals surface area contributed by atoms with E-state index in [4.69, 9.17) is 23.2 Å². The SMILES string of the molecule is C[C@H](Nc1cc(F)c(S(=O)(=O)Cc2cscn2)cc1Cl)c1cccc(Cl)c1F. The van der Waals surface area contributed by atoms with Gasteiger partial charge < -0.3 is 5.32 Å². The molecule has 0 saturated carbocycles. The van der Waals surface area contributed by atoms with Crippen molar-refractivity contribution in [3.05, 3.63) is 74.2 Å². The number of hydrogen-bond acceptors (Lipinski definition) is 5. The van der Waals surface area contributed by atoms with Crippen LogP contribution in [0.4, 0.5) is 14.5 Å². The molecule has 2 aromatic carbocycles. The van der Waals surface area contributed by atoms with Crippen LogP contribution >= 0.6 is 34.5 Å². The van der Waals surface area contributed by atoms with Crippen molar-refractivity contribution in [1.29, 1.82) is 0 Å². The van der Waals surface area contributed by atoms with Crippen LogP contribution in [0, 0.1) is 11.6 Å². The van der Waals surface area contributed by atoms with Gasteiger partial charge in [-0.2, -0.15) is 0 Å². The highest BCUT2D eigenvalue weighted by Gasteiger charge is 2.24. The van der Waals surface area contributed by atoms with Gasteiger partial charge >= 0.3 is 0 Å². The van der Waals surface area contributed by atoms with Crippen LogP contribution in [0.1, 0.15) is 24.2 Å². The number of thiazole rings is 1. The van der Waals surface area contributed by atoms with E-state index in [1.54, 1.807) is 18.4 Å². The zero-order valence-corrected chi connectivity index (χ0v) is 17.6. The summed E-state index contributed by atoms with van der Waals surface area (Å²) < 4.78 is 53.7. The summed E-state index contributed by atoms with van der Waals surface area (Å²) in [6, 6.07) is 5.98. The molecule has 0 aliphatic heterocycles. The summed E-state index contributed by atoms with van der Waals surface area (Å²) in [7, 11) is -3.97. The number of anilines is 1. The lowest BCUT2D eigenvalue weighted by Gasteiger charge is -2.18. The monoisotopic (exact) mass is 462 g/mol. The Morgan fingerprint density at radius 1 is 1.21 bits per heavy atom. The Kier molecular flexibility index (Phi) is 6.24. The van der Waals surface area contributed by atoms with E-state index >= 15 is 0 Å². The quantitative estimate of drug-likeness (QED) is 0.497. The molecule has 1 heterocycles. The molecular formula is C18H14Cl2F2N2O2S2. The van der Waals surface area contributed by atoms with E-state index in [1.807, 2.05) is 0 Å². The maximum Gasteiger partial charge on any atom is 0.187 e. The molecule has 0 spiro atoms. The van der Waals surface area contributed by atoms with Crippen LogP contribution in [0.2, 0.25) is 10.0 Å². The lowest BCUT2D eigenvalue weighted by atomic mass is 10.1. The summed E-state index contributed by atoms with van der Waals surface area (Å²) in [6.45, 7) is 1.65. The Morgan fingerprint density at radius 3 is 2.64 bits per heavy atom. The van der Waals surface area contributed by atoms with Crippen LogP contribution in [0.25, 0.3) is 0 Å². The van der Waals surface area contributed by atoms with Crippen molar-refractivity contribution in [2.45, 2.75) is 23.6 Å². The first-order valence-corrected chi connectivity index (χ1v) is 11.3. The Morgan fingerprint density at radius 2 is 1.96 bits per heavy atom. The van der Waals surface area contributed by atoms with Crippen molar-refractivity contribution in [3.63, 3.8) is 0 Å². The second-order valence-corrected chi connectivity index (χ2v) is 9.50. The first-order valence-electron chi connectivity index (χ1n) is 7.98. The van der Waals surface area contributed by atoms with Crippen molar-refractivity contribution in [1.82, 2.24) is 4.98 Å². The number of sulfone groups is 1. The van der Waals surface area contributed by atoms with Gasteiger partial charge in [-0.25, -0.2) is 22.2 Å². The number of benzene rings is 2. The smallest absolute Gasteiger partial charge is 0.187 e. The van der Waals surface area contributed by atoms with Crippen LogP contribution in [0.3, 0.4) is 0 Å². The predicted octanol–water partition coefficient (Wildman–Crippen LogP) is 5.88. The Labute approximate surface area is 175 Å². The zero-order chi connectivity index (χ0) is 20.5. The third kappa shape index (κ3) is 4.46. The van der Waals surface area contributed by atoms with Crippen molar-refractivity contribution in [2.75, 3.05) is 5.32 Å². The number of halogens is 4. The third-order valence-corrected chi connectivity index (χ3v) is 6.90. The number of nitrogens with zero attached hydrogens (tertiary/aromatic N) is 1. The Hall–Kier alpha value is -1.74. The number of hydrogen-bond donors (Lipinski definition) is 1. The minimum Gasteiger partial charge on any atom is -0.377 e. The molecule has 4 nitrogen and oxygen atoms in total. The standard InChI is InChI=1S/C18H14Cl2F2N2O2S2/c1-10(12-3-2-4-13(19)18(12)22)24-16-6-15(21)17(5-14(16)20)28(25,26)8-11-7-27-9-23-11/h2-7,9-10,24H,8H2,1H3/t10-/m0/s1. The fourth-order valence-corrected chi connectivity index (χ4v) is 5.11. The Bertz CT molecular complexity index is 1110. The molecule has 0 saturated heterocycles. The summed E-state index contributed by atoms with van der Waals surface area (Å²) in [5.74, 6) is -1.98. The molecule has 0 amide bonds. The lowest BCUT2D eigenvalue weighted by molar-refractivity contribution is 0.566. The van der Waals surface area contributed by atoms with E-state index in [2.05, 4.69) is 10.3 Å². The molecule has 0 aliphatic carbocycles. The van der Waals surface area contributed by atoms with Crippen LogP contribution in [0.15, 0.2) is 46.1 Å². The topological polar surface area (TPSA) is 59.1 Å². The minimum absolute atomic E-state index is 0.00691. The molecular weight excluding hydrogens is 449 g/mol. The molecule has 3 aromatic rings. The summed E-state index contributed by atoms with van der Waals surface area (Å²) in [5, 5.41) is 4.42. The molecule has 0 radical (unpaired) electrons. The summed E-state index contributed by atoms with van der Waals surface area (Å²) in [4.78, 5) is 3.39. The molecule has 1 atom stereocenters. The average Bonchev–Trinajstić information content (AvgIpc) is 3.12. The molecule has 148 valence electrons. The first-order chi connectivity index (χ1) is 13.2. The molecule has 0 unspecified atom stereocenters. The maximum absolute atomic E-state index is 14.6. The molecule has 0 bridgehead atoms. The fraction of sp³-hybridized carbons (Fsp3) is 0.167. The van der Waals surface area contributed by atoms with Gasteiger partial charge in [-0.1, -0.05) is 35.3 Å².